The van der Waals surface area contributed by atoms with Crippen molar-refractivity contribution in [3.8, 4) is 0 Å². The maximum Gasteiger partial charge on any atom is 0.328 e. The molecular weight excluding hydrogens is 271 g/mol. The number of nitrogens with zero attached hydrogens (tertiary/aromatic N) is 2. The summed E-state index contributed by atoms with van der Waals surface area (Å²) in [5, 5.41) is 2.74. The summed E-state index contributed by atoms with van der Waals surface area (Å²) >= 11 is 0. The third-order valence-electron chi connectivity index (χ3n) is 2.85. The molecule has 1 aromatic carbocycles. The number of amides is 2. The van der Waals surface area contributed by atoms with E-state index in [9.17, 15) is 9.18 Å². The number of carbonyl (C=O) groups is 1. The van der Waals surface area contributed by atoms with E-state index in [0.29, 0.717) is 29.9 Å². The summed E-state index contributed by atoms with van der Waals surface area (Å²) in [6.45, 7) is 4.47. The number of carbonyl (C=O) groups excluding carboxylic acids is 1. The molecule has 2 amide bonds. The molecule has 0 saturated heterocycles. The van der Waals surface area contributed by atoms with Crippen molar-refractivity contribution in [1.82, 2.24) is 4.90 Å². The van der Waals surface area contributed by atoms with Crippen molar-refractivity contribution in [2.24, 2.45) is 10.7 Å². The van der Waals surface area contributed by atoms with Crippen LogP contribution in [0.1, 0.15) is 11.1 Å². The van der Waals surface area contributed by atoms with Crippen LogP contribution in [-0.2, 0) is 0 Å². The second-order valence-electron chi connectivity index (χ2n) is 4.24. The summed E-state index contributed by atoms with van der Waals surface area (Å²) in [5.41, 5.74) is 7.55. The summed E-state index contributed by atoms with van der Waals surface area (Å²) in [5.74, 6) is -0.102. The SMILES string of the molecule is Cc1cc(F)cc(C)c1NC(=O)N1CCN=C1N.Cl. The first-order valence-electron chi connectivity index (χ1n) is 5.64. The van der Waals surface area contributed by atoms with Crippen LogP contribution in [0.15, 0.2) is 17.1 Å². The number of aryl methyl sites for hydroxylation is 2. The first-order valence-corrected chi connectivity index (χ1v) is 5.64. The van der Waals surface area contributed by atoms with Gasteiger partial charge in [0.1, 0.15) is 5.82 Å². The lowest BCUT2D eigenvalue weighted by Crippen LogP contribution is -2.41. The first kappa shape index (κ1) is 15.2. The van der Waals surface area contributed by atoms with Crippen LogP contribution in [0.2, 0.25) is 0 Å². The van der Waals surface area contributed by atoms with Gasteiger partial charge < -0.3 is 11.1 Å². The van der Waals surface area contributed by atoms with Gasteiger partial charge in [0.15, 0.2) is 5.96 Å². The number of hydrogen-bond acceptors (Lipinski definition) is 3. The summed E-state index contributed by atoms with van der Waals surface area (Å²) in [6.07, 6.45) is 0. The average molecular weight is 287 g/mol. The van der Waals surface area contributed by atoms with Gasteiger partial charge in [-0.3, -0.25) is 9.89 Å². The summed E-state index contributed by atoms with van der Waals surface area (Å²) in [4.78, 5) is 17.3. The Kier molecular flexibility index (Phi) is 4.72. The molecule has 0 atom stereocenters. The smallest absolute Gasteiger partial charge is 0.328 e. The van der Waals surface area contributed by atoms with Gasteiger partial charge in [0.25, 0.3) is 0 Å². The summed E-state index contributed by atoms with van der Waals surface area (Å²) in [6, 6.07) is 2.42. The Balaban J connectivity index is 0.00000180. The van der Waals surface area contributed by atoms with Gasteiger partial charge in [-0.05, 0) is 37.1 Å². The third kappa shape index (κ3) is 3.14. The molecule has 5 nitrogen and oxygen atoms in total. The molecule has 0 bridgehead atoms. The molecule has 104 valence electrons. The normalized spacial score (nSPS) is 13.8. The van der Waals surface area contributed by atoms with Gasteiger partial charge in [0, 0.05) is 5.69 Å². The van der Waals surface area contributed by atoms with E-state index in [0.717, 1.165) is 0 Å². The number of urea groups is 1. The van der Waals surface area contributed by atoms with Crippen LogP contribution < -0.4 is 11.1 Å². The first-order chi connectivity index (χ1) is 8.49. The fourth-order valence-electron chi connectivity index (χ4n) is 1.95. The molecule has 1 heterocycles. The van der Waals surface area contributed by atoms with E-state index in [1.54, 1.807) is 13.8 Å². The predicted molar refractivity (Wildman–Crippen MR) is 75.3 cm³/mol. The second-order valence-corrected chi connectivity index (χ2v) is 4.24. The van der Waals surface area contributed by atoms with Gasteiger partial charge in [0.05, 0.1) is 13.1 Å². The molecule has 0 saturated carbocycles. The minimum Gasteiger partial charge on any atom is -0.369 e. The molecule has 3 N–H and O–H groups in total. The van der Waals surface area contributed by atoms with Crippen molar-refractivity contribution in [2.75, 3.05) is 18.4 Å². The molecule has 1 aliphatic rings. The number of hydrogen-bond donors (Lipinski definition) is 2. The van der Waals surface area contributed by atoms with Crippen molar-refractivity contribution < 1.29 is 9.18 Å². The van der Waals surface area contributed by atoms with Crippen molar-refractivity contribution in [3.05, 3.63) is 29.1 Å². The van der Waals surface area contributed by atoms with E-state index in [4.69, 9.17) is 5.73 Å². The minimum atomic E-state index is -0.341. The number of nitrogens with two attached hydrogens (primary N) is 1. The number of benzene rings is 1. The maximum atomic E-state index is 13.1. The molecule has 1 aromatic rings. The average Bonchev–Trinajstić information content (AvgIpc) is 2.69. The Labute approximate surface area is 117 Å². The number of anilines is 1. The largest absolute Gasteiger partial charge is 0.369 e. The van der Waals surface area contributed by atoms with Crippen LogP contribution in [0, 0.1) is 19.7 Å². The summed E-state index contributed by atoms with van der Waals surface area (Å²) < 4.78 is 13.1. The monoisotopic (exact) mass is 286 g/mol. The summed E-state index contributed by atoms with van der Waals surface area (Å²) in [7, 11) is 0. The minimum absolute atomic E-state index is 0. The number of nitrogens with one attached hydrogen (secondary N) is 1. The van der Waals surface area contributed by atoms with Crippen molar-refractivity contribution in [2.45, 2.75) is 13.8 Å². The van der Waals surface area contributed by atoms with Crippen LogP contribution in [-0.4, -0.2) is 30.0 Å². The van der Waals surface area contributed by atoms with E-state index in [1.165, 1.54) is 17.0 Å². The fraction of sp³-hybridized carbons (Fsp3) is 0.333. The Morgan fingerprint density at radius 1 is 1.42 bits per heavy atom. The Morgan fingerprint density at radius 2 is 2.00 bits per heavy atom. The Hall–Kier alpha value is -1.82. The number of guanidine groups is 1. The zero-order chi connectivity index (χ0) is 13.3. The molecule has 2 rings (SSSR count). The molecule has 0 spiro atoms. The van der Waals surface area contributed by atoms with E-state index >= 15 is 0 Å². The van der Waals surface area contributed by atoms with Gasteiger partial charge in [-0.25, -0.2) is 9.18 Å². The zero-order valence-electron chi connectivity index (χ0n) is 10.7. The number of aliphatic imine (C=N–C) groups is 1. The lowest BCUT2D eigenvalue weighted by molar-refractivity contribution is 0.236. The third-order valence-corrected chi connectivity index (χ3v) is 2.85. The molecule has 0 aromatic heterocycles. The Morgan fingerprint density at radius 3 is 2.47 bits per heavy atom. The molecule has 0 unspecified atom stereocenters. The molecule has 1 aliphatic heterocycles. The topological polar surface area (TPSA) is 70.7 Å². The van der Waals surface area contributed by atoms with Crippen LogP contribution >= 0.6 is 12.4 Å². The fourth-order valence-corrected chi connectivity index (χ4v) is 1.95. The molecule has 0 radical (unpaired) electrons. The number of rotatable bonds is 1. The van der Waals surface area contributed by atoms with Crippen LogP contribution in [0.4, 0.5) is 14.9 Å². The highest BCUT2D eigenvalue weighted by molar-refractivity contribution is 6.03. The van der Waals surface area contributed by atoms with Gasteiger partial charge in [-0.2, -0.15) is 0 Å². The highest BCUT2D eigenvalue weighted by atomic mass is 35.5. The molecule has 7 heteroatoms. The van der Waals surface area contributed by atoms with Gasteiger partial charge in [0.2, 0.25) is 0 Å². The van der Waals surface area contributed by atoms with Crippen LogP contribution in [0.5, 0.6) is 0 Å². The molecule has 0 fully saturated rings. The van der Waals surface area contributed by atoms with Gasteiger partial charge in [-0.15, -0.1) is 12.4 Å². The van der Waals surface area contributed by atoms with Crippen molar-refractivity contribution in [3.63, 3.8) is 0 Å². The predicted octanol–water partition coefficient (Wildman–Crippen LogP) is 2.03. The van der Waals surface area contributed by atoms with Crippen LogP contribution in [0.3, 0.4) is 0 Å². The lowest BCUT2D eigenvalue weighted by atomic mass is 10.1. The lowest BCUT2D eigenvalue weighted by Gasteiger charge is -2.18. The standard InChI is InChI=1S/C12H15FN4O.ClH/c1-7-5-9(13)6-8(2)10(7)16-12(18)17-4-3-15-11(17)14;/h5-6H,3-4H2,1-2H3,(H2,14,15)(H,16,18);1H. The van der Waals surface area contributed by atoms with Crippen molar-refractivity contribution >= 4 is 30.1 Å². The van der Waals surface area contributed by atoms with E-state index in [-0.39, 0.29) is 30.2 Å². The van der Waals surface area contributed by atoms with E-state index < -0.39 is 0 Å². The second kappa shape index (κ2) is 5.88. The molecular formula is C12H16ClFN4O. The Bertz CT molecular complexity index is 509. The number of halogens is 2. The van der Waals surface area contributed by atoms with Gasteiger partial charge in [-0.1, -0.05) is 0 Å². The maximum absolute atomic E-state index is 13.1. The zero-order valence-corrected chi connectivity index (χ0v) is 11.6. The van der Waals surface area contributed by atoms with Crippen molar-refractivity contribution in [1.29, 1.82) is 0 Å². The highest BCUT2D eigenvalue weighted by Crippen LogP contribution is 2.22. The van der Waals surface area contributed by atoms with Gasteiger partial charge >= 0.3 is 6.03 Å². The highest BCUT2D eigenvalue weighted by Gasteiger charge is 2.22. The molecule has 0 aliphatic carbocycles. The quantitative estimate of drug-likeness (QED) is 0.829. The molecule has 19 heavy (non-hydrogen) atoms. The van der Waals surface area contributed by atoms with E-state index in [2.05, 4.69) is 10.3 Å². The van der Waals surface area contributed by atoms with Crippen LogP contribution in [0.25, 0.3) is 0 Å². The van der Waals surface area contributed by atoms with E-state index in [1.807, 2.05) is 0 Å².